The molecule has 0 N–H and O–H groups in total. The molecule has 0 amide bonds. The largest absolute Gasteiger partial charge is 0.0578 e. The molecule has 0 nitrogen and oxygen atoms in total. The molecule has 3 aliphatic rings. The Kier molecular flexibility index (Phi) is 2.00. The van der Waals surface area contributed by atoms with Crippen molar-refractivity contribution < 1.29 is 0 Å². The lowest BCUT2D eigenvalue weighted by molar-refractivity contribution is 1.21. The monoisotopic (exact) mass is 516 g/mol. The van der Waals surface area contributed by atoms with E-state index in [1.54, 1.807) is 65.7 Å². The fourth-order valence-corrected chi connectivity index (χ4v) is 7.05. The van der Waals surface area contributed by atoms with E-state index in [0.717, 1.165) is 19.3 Å². The third-order valence-electron chi connectivity index (χ3n) is 6.17. The van der Waals surface area contributed by atoms with Crippen LogP contribution in [0.5, 0.6) is 0 Å². The summed E-state index contributed by atoms with van der Waals surface area (Å²) >= 11 is 5.13. The molecule has 0 bridgehead atoms. The Balaban J connectivity index is 2.00. The van der Waals surface area contributed by atoms with Crippen molar-refractivity contribution in [1.29, 1.82) is 0 Å². The van der Waals surface area contributed by atoms with Crippen LogP contribution in [0, 0.1) is 7.14 Å². The molecule has 0 saturated heterocycles. The maximum absolute atomic E-state index is 2.56. The first kappa shape index (κ1) is 12.5. The highest BCUT2D eigenvalue weighted by molar-refractivity contribution is 14.1. The molecule has 0 aromatic heterocycles. The molecule has 2 heteroatoms. The maximum atomic E-state index is 2.56. The quantitative estimate of drug-likeness (QED) is 0.170. The van der Waals surface area contributed by atoms with Crippen molar-refractivity contribution in [2.75, 3.05) is 0 Å². The molecular formula is C21H10I2. The Morgan fingerprint density at radius 3 is 1.43 bits per heavy atom. The summed E-state index contributed by atoms with van der Waals surface area (Å²) in [7, 11) is 0. The van der Waals surface area contributed by atoms with Crippen molar-refractivity contribution in [3.8, 4) is 0 Å². The van der Waals surface area contributed by atoms with Gasteiger partial charge in [0.05, 0.1) is 0 Å². The van der Waals surface area contributed by atoms with Crippen molar-refractivity contribution in [1.82, 2.24) is 0 Å². The number of hydrogen-bond acceptors (Lipinski definition) is 0. The minimum atomic E-state index is 1.12. The molecule has 0 radical (unpaired) electrons. The van der Waals surface area contributed by atoms with E-state index < -0.39 is 0 Å². The normalized spacial score (nSPS) is 15.7. The Morgan fingerprint density at radius 1 is 0.522 bits per heavy atom. The van der Waals surface area contributed by atoms with Crippen LogP contribution in [0.15, 0.2) is 24.3 Å². The Morgan fingerprint density at radius 2 is 0.957 bits per heavy atom. The van der Waals surface area contributed by atoms with Gasteiger partial charge in [0.25, 0.3) is 0 Å². The lowest BCUT2D eigenvalue weighted by Gasteiger charge is -2.10. The molecule has 0 fully saturated rings. The second-order valence-corrected chi connectivity index (χ2v) is 9.48. The molecular weight excluding hydrogens is 506 g/mol. The van der Waals surface area contributed by atoms with Crippen LogP contribution < -0.4 is 0 Å². The van der Waals surface area contributed by atoms with Crippen molar-refractivity contribution in [3.63, 3.8) is 0 Å². The van der Waals surface area contributed by atoms with Crippen LogP contribution in [0.4, 0.5) is 0 Å². The standard InChI is InChI=1S/C21H10I2/c22-14-5-10-3-8-1-2-9-4-11-6-15(23)13-7-12(14)20-18(10)16(8)17(9)19(11)21(13)20/h1-2,5-6H,3-4,7H2. The molecule has 0 spiro atoms. The van der Waals surface area contributed by atoms with E-state index in [1.807, 2.05) is 0 Å². The van der Waals surface area contributed by atoms with Crippen molar-refractivity contribution in [2.45, 2.75) is 19.3 Å². The summed E-state index contributed by atoms with van der Waals surface area (Å²) in [4.78, 5) is 0. The summed E-state index contributed by atoms with van der Waals surface area (Å²) in [6.07, 6.45) is 3.37. The van der Waals surface area contributed by atoms with Gasteiger partial charge in [-0.1, -0.05) is 12.1 Å². The average Bonchev–Trinajstić information content (AvgIpc) is 3.17. The third-order valence-corrected chi connectivity index (χ3v) is 8.09. The Hall–Kier alpha value is -0.880. The second kappa shape index (κ2) is 3.69. The first-order valence-electron chi connectivity index (χ1n) is 8.06. The van der Waals surface area contributed by atoms with Gasteiger partial charge in [0.15, 0.2) is 0 Å². The fraction of sp³-hybridized carbons (Fsp3) is 0.143. The van der Waals surface area contributed by atoms with Gasteiger partial charge in [-0.25, -0.2) is 0 Å². The number of halogens is 2. The molecule has 4 aromatic carbocycles. The van der Waals surface area contributed by atoms with Crippen molar-refractivity contribution in [2.24, 2.45) is 0 Å². The van der Waals surface area contributed by atoms with Gasteiger partial charge in [-0.15, -0.1) is 0 Å². The summed E-state index contributed by atoms with van der Waals surface area (Å²) in [6, 6.07) is 9.71. The van der Waals surface area contributed by atoms with Crippen LogP contribution in [0.25, 0.3) is 32.3 Å². The van der Waals surface area contributed by atoms with E-state index in [1.165, 1.54) is 7.14 Å². The van der Waals surface area contributed by atoms with Crippen molar-refractivity contribution >= 4 is 77.5 Å². The second-order valence-electron chi connectivity index (χ2n) is 7.16. The zero-order valence-electron chi connectivity index (χ0n) is 12.2. The molecule has 7 rings (SSSR count). The zero-order chi connectivity index (χ0) is 15.0. The number of benzene rings is 4. The van der Waals surface area contributed by atoms with E-state index in [4.69, 9.17) is 0 Å². The van der Waals surface area contributed by atoms with Gasteiger partial charge in [-0.05, 0) is 136 Å². The predicted octanol–water partition coefficient (Wildman–Crippen LogP) is 6.07. The molecule has 0 aliphatic heterocycles. The molecule has 0 unspecified atom stereocenters. The van der Waals surface area contributed by atoms with E-state index >= 15 is 0 Å². The van der Waals surface area contributed by atoms with Crippen LogP contribution in [0.3, 0.4) is 0 Å². The molecule has 4 aromatic rings. The van der Waals surface area contributed by atoms with Crippen LogP contribution in [0.2, 0.25) is 0 Å². The smallest absolute Gasteiger partial charge is 0.0175 e. The summed E-state index contributed by atoms with van der Waals surface area (Å²) in [5.41, 5.74) is 9.38. The molecule has 0 atom stereocenters. The molecule has 23 heavy (non-hydrogen) atoms. The first-order valence-corrected chi connectivity index (χ1v) is 10.2. The van der Waals surface area contributed by atoms with Crippen LogP contribution >= 0.6 is 45.2 Å². The molecule has 108 valence electrons. The van der Waals surface area contributed by atoms with Crippen molar-refractivity contribution in [3.05, 3.63) is 64.8 Å². The summed E-state index contributed by atoms with van der Waals surface area (Å²) in [5, 5.41) is 9.56. The van der Waals surface area contributed by atoms with E-state index in [9.17, 15) is 0 Å². The molecule has 3 aliphatic carbocycles. The van der Waals surface area contributed by atoms with Crippen LogP contribution in [-0.4, -0.2) is 0 Å². The Bertz CT molecular complexity index is 1190. The van der Waals surface area contributed by atoms with Gasteiger partial charge < -0.3 is 0 Å². The number of rotatable bonds is 0. The van der Waals surface area contributed by atoms with Gasteiger partial charge in [-0.2, -0.15) is 0 Å². The van der Waals surface area contributed by atoms with Gasteiger partial charge in [0.2, 0.25) is 0 Å². The maximum Gasteiger partial charge on any atom is 0.0175 e. The number of hydrogen-bond donors (Lipinski definition) is 0. The lowest BCUT2D eigenvalue weighted by atomic mass is 9.94. The van der Waals surface area contributed by atoms with Gasteiger partial charge >= 0.3 is 0 Å². The SMILES string of the molecule is Ic1cc2c3c4c(ccc5c4c4c(cc(I)c6c4c3c1C6)C5)C2. The Labute approximate surface area is 160 Å². The zero-order valence-corrected chi connectivity index (χ0v) is 16.5. The van der Waals surface area contributed by atoms with Crippen LogP contribution in [0.1, 0.15) is 33.4 Å². The minimum absolute atomic E-state index is 1.12. The highest BCUT2D eigenvalue weighted by Crippen LogP contribution is 2.54. The van der Waals surface area contributed by atoms with Gasteiger partial charge in [0, 0.05) is 13.6 Å². The van der Waals surface area contributed by atoms with Gasteiger partial charge in [0.1, 0.15) is 0 Å². The molecule has 0 saturated carbocycles. The van der Waals surface area contributed by atoms with Gasteiger partial charge in [-0.3, -0.25) is 0 Å². The highest BCUT2D eigenvalue weighted by Gasteiger charge is 2.33. The van der Waals surface area contributed by atoms with Crippen LogP contribution in [-0.2, 0) is 19.3 Å². The summed E-state index contributed by atoms with van der Waals surface area (Å²) < 4.78 is 2.93. The summed E-state index contributed by atoms with van der Waals surface area (Å²) in [5.74, 6) is 0. The fourth-order valence-electron chi connectivity index (χ4n) is 5.38. The first-order chi connectivity index (χ1) is 11.2. The minimum Gasteiger partial charge on any atom is -0.0578 e. The highest BCUT2D eigenvalue weighted by atomic mass is 127. The predicted molar refractivity (Wildman–Crippen MR) is 113 cm³/mol. The molecule has 0 heterocycles. The van der Waals surface area contributed by atoms with E-state index in [-0.39, 0.29) is 0 Å². The van der Waals surface area contributed by atoms with E-state index in [0.29, 0.717) is 0 Å². The summed E-state index contributed by atoms with van der Waals surface area (Å²) in [6.45, 7) is 0. The third kappa shape index (κ3) is 1.20. The van der Waals surface area contributed by atoms with E-state index in [2.05, 4.69) is 69.4 Å². The average molecular weight is 516 g/mol. The topological polar surface area (TPSA) is 0 Å². The lowest BCUT2D eigenvalue weighted by Crippen LogP contribution is -1.91.